The van der Waals surface area contributed by atoms with Gasteiger partial charge in [-0.2, -0.15) is 0 Å². The van der Waals surface area contributed by atoms with Gasteiger partial charge in [0.1, 0.15) is 6.54 Å². The molecule has 0 spiro atoms. The summed E-state index contributed by atoms with van der Waals surface area (Å²) >= 11 is 6.05. The number of hydrogen-bond acceptors (Lipinski definition) is 3. The lowest BCUT2D eigenvalue weighted by Crippen LogP contribution is -3.13. The Morgan fingerprint density at radius 2 is 1.74 bits per heavy atom. The lowest BCUT2D eigenvalue weighted by Gasteiger charge is -2.32. The first kappa shape index (κ1) is 19.9. The zero-order valence-electron chi connectivity index (χ0n) is 15.3. The molecule has 1 fully saturated rings. The molecule has 1 amide bonds. The van der Waals surface area contributed by atoms with Crippen LogP contribution in [0.3, 0.4) is 0 Å². The Kier molecular flexibility index (Phi) is 6.19. The lowest BCUT2D eigenvalue weighted by molar-refractivity contribution is -0.917. The van der Waals surface area contributed by atoms with Gasteiger partial charge in [-0.1, -0.05) is 35.9 Å². The number of nitrogens with one attached hydrogen (secondary N) is 1. The van der Waals surface area contributed by atoms with Gasteiger partial charge in [-0.25, -0.2) is 8.42 Å². The first-order valence-corrected chi connectivity index (χ1v) is 11.4. The number of hydrogen-bond donors (Lipinski definition) is 1. The molecule has 2 aromatic carbocycles. The maximum Gasteiger partial charge on any atom is 0.254 e. The van der Waals surface area contributed by atoms with Crippen LogP contribution in [-0.4, -0.2) is 51.7 Å². The van der Waals surface area contributed by atoms with Gasteiger partial charge in [0.25, 0.3) is 5.91 Å². The molecule has 0 aromatic heterocycles. The second-order valence-electron chi connectivity index (χ2n) is 7.12. The maximum absolute atomic E-state index is 12.7. The van der Waals surface area contributed by atoms with E-state index in [1.807, 2.05) is 23.1 Å². The van der Waals surface area contributed by atoms with Gasteiger partial charge in [-0.05, 0) is 29.8 Å². The Labute approximate surface area is 165 Å². The van der Waals surface area contributed by atoms with Crippen molar-refractivity contribution in [3.8, 4) is 0 Å². The van der Waals surface area contributed by atoms with Crippen molar-refractivity contribution in [1.82, 2.24) is 4.90 Å². The quantitative estimate of drug-likeness (QED) is 0.815. The van der Waals surface area contributed by atoms with Crippen molar-refractivity contribution in [1.29, 1.82) is 0 Å². The molecule has 0 bridgehead atoms. The molecule has 3 rings (SSSR count). The van der Waals surface area contributed by atoms with Crippen molar-refractivity contribution in [2.24, 2.45) is 0 Å². The van der Waals surface area contributed by atoms with Gasteiger partial charge in [0.15, 0.2) is 9.84 Å². The van der Waals surface area contributed by atoms with E-state index in [-0.39, 0.29) is 11.7 Å². The van der Waals surface area contributed by atoms with Gasteiger partial charge in [-0.15, -0.1) is 0 Å². The number of rotatable bonds is 5. The van der Waals surface area contributed by atoms with Gasteiger partial charge in [0, 0.05) is 22.4 Å². The highest BCUT2D eigenvalue weighted by Gasteiger charge is 2.24. The summed E-state index contributed by atoms with van der Waals surface area (Å²) in [5.41, 5.74) is 2.51. The fourth-order valence-corrected chi connectivity index (χ4v) is 4.38. The first-order chi connectivity index (χ1) is 12.8. The van der Waals surface area contributed by atoms with Crippen LogP contribution in [0.4, 0.5) is 0 Å². The first-order valence-electron chi connectivity index (χ1n) is 8.94. The minimum absolute atomic E-state index is 0.00251. The van der Waals surface area contributed by atoms with E-state index >= 15 is 0 Å². The van der Waals surface area contributed by atoms with Crippen LogP contribution >= 0.6 is 11.6 Å². The van der Waals surface area contributed by atoms with Crippen LogP contribution in [0.2, 0.25) is 5.02 Å². The van der Waals surface area contributed by atoms with E-state index in [1.54, 1.807) is 24.3 Å². The number of halogens is 1. The number of amides is 1. The van der Waals surface area contributed by atoms with E-state index in [0.29, 0.717) is 24.2 Å². The van der Waals surface area contributed by atoms with E-state index in [9.17, 15) is 13.2 Å². The zero-order valence-corrected chi connectivity index (χ0v) is 16.9. The molecule has 0 saturated carbocycles. The van der Waals surface area contributed by atoms with Crippen LogP contribution in [0.1, 0.15) is 21.5 Å². The van der Waals surface area contributed by atoms with Crippen LogP contribution in [-0.2, 0) is 22.1 Å². The highest BCUT2D eigenvalue weighted by molar-refractivity contribution is 7.89. The second-order valence-corrected chi connectivity index (χ2v) is 9.69. The van der Waals surface area contributed by atoms with Gasteiger partial charge in [0.2, 0.25) is 0 Å². The van der Waals surface area contributed by atoms with Crippen molar-refractivity contribution in [3.05, 3.63) is 70.2 Å². The number of carbonyl (C=O) groups excluding carboxylic acids is 1. The molecule has 0 atom stereocenters. The molecule has 0 aliphatic carbocycles. The number of piperazine rings is 1. The molecule has 5 nitrogen and oxygen atoms in total. The summed E-state index contributed by atoms with van der Waals surface area (Å²) in [6, 6.07) is 14.8. The molecule has 7 heteroatoms. The lowest BCUT2D eigenvalue weighted by atomic mass is 10.1. The van der Waals surface area contributed by atoms with E-state index < -0.39 is 9.84 Å². The van der Waals surface area contributed by atoms with E-state index in [2.05, 4.69) is 6.07 Å². The average molecular weight is 408 g/mol. The zero-order chi connectivity index (χ0) is 19.4. The van der Waals surface area contributed by atoms with Crippen LogP contribution in [0, 0.1) is 0 Å². The van der Waals surface area contributed by atoms with Crippen molar-refractivity contribution in [2.75, 3.05) is 32.4 Å². The topological polar surface area (TPSA) is 58.9 Å². The van der Waals surface area contributed by atoms with Gasteiger partial charge in [-0.3, -0.25) is 4.79 Å². The van der Waals surface area contributed by atoms with Gasteiger partial charge >= 0.3 is 0 Å². The molecule has 27 heavy (non-hydrogen) atoms. The minimum atomic E-state index is -3.07. The Morgan fingerprint density at radius 1 is 1.07 bits per heavy atom. The molecule has 2 aromatic rings. The molecule has 1 saturated heterocycles. The van der Waals surface area contributed by atoms with Crippen molar-refractivity contribution < 1.29 is 18.1 Å². The van der Waals surface area contributed by atoms with E-state index in [4.69, 9.17) is 11.6 Å². The van der Waals surface area contributed by atoms with E-state index in [1.165, 1.54) is 16.7 Å². The summed E-state index contributed by atoms with van der Waals surface area (Å²) in [6.45, 7) is 4.11. The molecule has 1 aliphatic heterocycles. The summed E-state index contributed by atoms with van der Waals surface area (Å²) in [7, 11) is -3.07. The summed E-state index contributed by atoms with van der Waals surface area (Å²) in [5.74, 6) is -0.00443. The molecule has 0 unspecified atom stereocenters. The third-order valence-corrected chi connectivity index (χ3v) is 5.82. The van der Waals surface area contributed by atoms with Crippen molar-refractivity contribution >= 4 is 27.3 Å². The minimum Gasteiger partial charge on any atom is -0.328 e. The SMILES string of the molecule is CS(=O)(=O)Cc1ccc(C(=O)N2CC[NH+](Cc3cccc(Cl)c3)CC2)cc1. The number of benzene rings is 2. The molecular weight excluding hydrogens is 384 g/mol. The Morgan fingerprint density at radius 3 is 2.33 bits per heavy atom. The van der Waals surface area contributed by atoms with E-state index in [0.717, 1.165) is 24.7 Å². The smallest absolute Gasteiger partial charge is 0.254 e. The third kappa shape index (κ3) is 5.79. The van der Waals surface area contributed by atoms with Crippen molar-refractivity contribution in [2.45, 2.75) is 12.3 Å². The molecule has 1 aliphatic rings. The van der Waals surface area contributed by atoms with Gasteiger partial charge in [0.05, 0.1) is 31.9 Å². The largest absolute Gasteiger partial charge is 0.328 e. The molecule has 144 valence electrons. The Balaban J connectivity index is 1.55. The summed E-state index contributed by atoms with van der Waals surface area (Å²) in [4.78, 5) is 16.0. The van der Waals surface area contributed by atoms with Crippen LogP contribution in [0.5, 0.6) is 0 Å². The predicted octanol–water partition coefficient (Wildman–Crippen LogP) is 1.43. The summed E-state index contributed by atoms with van der Waals surface area (Å²) in [6.07, 6.45) is 1.21. The third-order valence-electron chi connectivity index (χ3n) is 4.73. The summed E-state index contributed by atoms with van der Waals surface area (Å²) < 4.78 is 22.7. The standard InChI is InChI=1S/C20H23ClN2O3S/c1-27(25,26)15-16-5-7-18(8-6-16)20(24)23-11-9-22(10-12-23)14-17-3-2-4-19(21)13-17/h2-8,13H,9-12,14-15H2,1H3/p+1. The van der Waals surface area contributed by atoms with Gasteiger partial charge < -0.3 is 9.80 Å². The Bertz CT molecular complexity index is 905. The maximum atomic E-state index is 12.7. The molecular formula is C20H24ClN2O3S+. The highest BCUT2D eigenvalue weighted by atomic mass is 35.5. The number of sulfone groups is 1. The normalized spacial score (nSPS) is 15.7. The van der Waals surface area contributed by atoms with Crippen LogP contribution < -0.4 is 4.90 Å². The van der Waals surface area contributed by atoms with Crippen LogP contribution in [0.25, 0.3) is 0 Å². The van der Waals surface area contributed by atoms with Crippen LogP contribution in [0.15, 0.2) is 48.5 Å². The fraction of sp³-hybridized carbons (Fsp3) is 0.350. The number of quaternary nitrogens is 1. The average Bonchev–Trinajstić information content (AvgIpc) is 2.61. The predicted molar refractivity (Wildman–Crippen MR) is 107 cm³/mol. The number of carbonyl (C=O) groups is 1. The van der Waals surface area contributed by atoms with Crippen molar-refractivity contribution in [3.63, 3.8) is 0 Å². The number of nitrogens with zero attached hydrogens (tertiary/aromatic N) is 1. The Hall–Kier alpha value is -1.89. The second kappa shape index (κ2) is 8.42. The molecule has 1 N–H and O–H groups in total. The fourth-order valence-electron chi connectivity index (χ4n) is 3.37. The molecule has 0 radical (unpaired) electrons. The molecule has 1 heterocycles. The summed E-state index contributed by atoms with van der Waals surface area (Å²) in [5, 5.41) is 0.750. The monoisotopic (exact) mass is 407 g/mol. The highest BCUT2D eigenvalue weighted by Crippen LogP contribution is 2.11.